The lowest BCUT2D eigenvalue weighted by molar-refractivity contribution is -0.130. The van der Waals surface area contributed by atoms with Crippen LogP contribution in [0.1, 0.15) is 33.3 Å². The van der Waals surface area contributed by atoms with E-state index in [0.29, 0.717) is 10.6 Å². The standard InChI is InChI=1S/C24H32ClN5O4/c1-15(2)12-29(21-22(26)30(13-16(3)4)24(34)27-23(21)33)20(32)14-28(5)19(31)11-10-17-8-6-7-9-18(17)25/h6-11,15-16H,12-14,26H2,1-5H3,(H,27,33,34). The predicted octanol–water partition coefficient (Wildman–Crippen LogP) is 2.59. The zero-order valence-electron chi connectivity index (χ0n) is 20.2. The summed E-state index contributed by atoms with van der Waals surface area (Å²) in [5.41, 5.74) is 5.41. The molecule has 3 N–H and O–H groups in total. The summed E-state index contributed by atoms with van der Waals surface area (Å²) < 4.78 is 1.25. The molecule has 10 heteroatoms. The summed E-state index contributed by atoms with van der Waals surface area (Å²) >= 11 is 6.11. The number of amides is 2. The number of nitrogens with zero attached hydrogens (tertiary/aromatic N) is 3. The van der Waals surface area contributed by atoms with Crippen molar-refractivity contribution in [2.24, 2.45) is 11.8 Å². The molecule has 0 aliphatic rings. The Morgan fingerprint density at radius 2 is 1.79 bits per heavy atom. The van der Waals surface area contributed by atoms with Gasteiger partial charge in [-0.15, -0.1) is 0 Å². The highest BCUT2D eigenvalue weighted by atomic mass is 35.5. The monoisotopic (exact) mass is 489 g/mol. The first-order chi connectivity index (χ1) is 15.9. The van der Waals surface area contributed by atoms with E-state index < -0.39 is 23.1 Å². The number of nitrogens with two attached hydrogens (primary N) is 1. The average Bonchev–Trinajstić information content (AvgIpc) is 2.74. The number of rotatable bonds is 9. The van der Waals surface area contributed by atoms with Crippen LogP contribution in [0.2, 0.25) is 5.02 Å². The van der Waals surface area contributed by atoms with Gasteiger partial charge in [0.2, 0.25) is 11.8 Å². The lowest BCUT2D eigenvalue weighted by atomic mass is 10.2. The van der Waals surface area contributed by atoms with E-state index in [1.165, 1.54) is 27.5 Å². The molecular formula is C24H32ClN5O4. The summed E-state index contributed by atoms with van der Waals surface area (Å²) in [5, 5.41) is 0.500. The van der Waals surface area contributed by atoms with Crippen molar-refractivity contribution in [1.29, 1.82) is 0 Å². The number of benzene rings is 1. The molecule has 0 unspecified atom stereocenters. The molecule has 0 radical (unpaired) electrons. The molecule has 0 aliphatic carbocycles. The number of halogens is 1. The fourth-order valence-electron chi connectivity index (χ4n) is 3.33. The molecular weight excluding hydrogens is 458 g/mol. The van der Waals surface area contributed by atoms with Crippen molar-refractivity contribution in [3.8, 4) is 0 Å². The Labute approximate surface area is 203 Å². The summed E-state index contributed by atoms with van der Waals surface area (Å²) in [6, 6.07) is 7.06. The molecule has 2 aromatic rings. The minimum absolute atomic E-state index is 0.00523. The quantitative estimate of drug-likeness (QED) is 0.524. The number of nitrogens with one attached hydrogen (secondary N) is 1. The molecule has 1 aromatic heterocycles. The van der Waals surface area contributed by atoms with Gasteiger partial charge in [-0.05, 0) is 29.5 Å². The van der Waals surface area contributed by atoms with Crippen LogP contribution in [0, 0.1) is 11.8 Å². The number of hydrogen-bond donors (Lipinski definition) is 2. The number of likely N-dealkylation sites (N-methyl/N-ethyl adjacent to an activating group) is 1. The highest BCUT2D eigenvalue weighted by Crippen LogP contribution is 2.20. The first-order valence-corrected chi connectivity index (χ1v) is 11.4. The van der Waals surface area contributed by atoms with Crippen LogP contribution in [-0.4, -0.2) is 46.4 Å². The molecule has 0 fully saturated rings. The normalized spacial score (nSPS) is 11.4. The molecule has 184 valence electrons. The highest BCUT2D eigenvalue weighted by molar-refractivity contribution is 6.32. The SMILES string of the molecule is CC(C)CN(C(=O)CN(C)C(=O)C=Cc1ccccc1Cl)c1c(N)n(CC(C)C)c(=O)[nH]c1=O. The van der Waals surface area contributed by atoms with Crippen molar-refractivity contribution >= 4 is 41.0 Å². The van der Waals surface area contributed by atoms with Crippen LogP contribution in [0.3, 0.4) is 0 Å². The third-order valence-electron chi connectivity index (χ3n) is 4.94. The number of carbonyl (C=O) groups is 2. The van der Waals surface area contributed by atoms with Crippen LogP contribution in [0.15, 0.2) is 39.9 Å². The van der Waals surface area contributed by atoms with Gasteiger partial charge in [0, 0.05) is 31.2 Å². The fourth-order valence-corrected chi connectivity index (χ4v) is 3.53. The summed E-state index contributed by atoms with van der Waals surface area (Å²) in [6.45, 7) is 7.76. The predicted molar refractivity (Wildman–Crippen MR) is 136 cm³/mol. The summed E-state index contributed by atoms with van der Waals surface area (Å²) in [5.74, 6) is -0.910. The van der Waals surface area contributed by atoms with Crippen LogP contribution in [0.4, 0.5) is 11.5 Å². The Morgan fingerprint density at radius 3 is 2.38 bits per heavy atom. The lowest BCUT2D eigenvalue weighted by Gasteiger charge is -2.28. The van der Waals surface area contributed by atoms with Gasteiger partial charge in [-0.1, -0.05) is 57.5 Å². The molecule has 0 bridgehead atoms. The Balaban J connectivity index is 2.33. The summed E-state index contributed by atoms with van der Waals surface area (Å²) in [7, 11) is 1.48. The van der Waals surface area contributed by atoms with E-state index in [9.17, 15) is 19.2 Å². The van der Waals surface area contributed by atoms with Gasteiger partial charge in [-0.3, -0.25) is 23.9 Å². The van der Waals surface area contributed by atoms with Crippen LogP contribution in [-0.2, 0) is 16.1 Å². The maximum absolute atomic E-state index is 13.2. The van der Waals surface area contributed by atoms with Crippen molar-refractivity contribution < 1.29 is 9.59 Å². The number of carbonyl (C=O) groups excluding carboxylic acids is 2. The van der Waals surface area contributed by atoms with Crippen molar-refractivity contribution in [1.82, 2.24) is 14.5 Å². The minimum atomic E-state index is -0.746. The largest absolute Gasteiger partial charge is 0.383 e. The van der Waals surface area contributed by atoms with Gasteiger partial charge in [0.25, 0.3) is 5.56 Å². The zero-order chi connectivity index (χ0) is 25.6. The molecule has 0 atom stereocenters. The molecule has 1 aromatic carbocycles. The third-order valence-corrected chi connectivity index (χ3v) is 5.28. The van der Waals surface area contributed by atoms with Crippen molar-refractivity contribution in [3.05, 3.63) is 61.8 Å². The van der Waals surface area contributed by atoms with Crippen molar-refractivity contribution in [3.63, 3.8) is 0 Å². The Hall–Kier alpha value is -3.33. The maximum Gasteiger partial charge on any atom is 0.330 e. The Kier molecular flexibility index (Phi) is 9.26. The second kappa shape index (κ2) is 11.7. The van der Waals surface area contributed by atoms with Gasteiger partial charge in [0.05, 0.1) is 0 Å². The number of anilines is 2. The molecule has 2 amide bonds. The highest BCUT2D eigenvalue weighted by Gasteiger charge is 2.26. The molecule has 2 rings (SSSR count). The number of aromatic amines is 1. The minimum Gasteiger partial charge on any atom is -0.383 e. The summed E-state index contributed by atoms with van der Waals surface area (Å²) in [4.78, 5) is 55.5. The summed E-state index contributed by atoms with van der Waals surface area (Å²) in [6.07, 6.45) is 2.90. The number of nitrogen functional groups attached to an aromatic ring is 1. The molecule has 34 heavy (non-hydrogen) atoms. The smallest absolute Gasteiger partial charge is 0.330 e. The van der Waals surface area contributed by atoms with Gasteiger partial charge in [-0.25, -0.2) is 4.79 Å². The fraction of sp³-hybridized carbons (Fsp3) is 0.417. The molecule has 0 saturated heterocycles. The second-order valence-corrected chi connectivity index (χ2v) is 9.35. The topological polar surface area (TPSA) is 121 Å². The van der Waals surface area contributed by atoms with Crippen molar-refractivity contribution in [2.75, 3.05) is 30.8 Å². The van der Waals surface area contributed by atoms with E-state index in [1.807, 2.05) is 27.7 Å². The van der Waals surface area contributed by atoms with E-state index in [1.54, 1.807) is 30.3 Å². The van der Waals surface area contributed by atoms with Crippen molar-refractivity contribution in [2.45, 2.75) is 34.2 Å². The van der Waals surface area contributed by atoms with E-state index in [4.69, 9.17) is 17.3 Å². The number of hydrogen-bond acceptors (Lipinski definition) is 5. The van der Waals surface area contributed by atoms with E-state index in [0.717, 1.165) is 0 Å². The molecule has 0 saturated carbocycles. The lowest BCUT2D eigenvalue weighted by Crippen LogP contribution is -2.46. The zero-order valence-corrected chi connectivity index (χ0v) is 20.9. The maximum atomic E-state index is 13.2. The molecule has 0 spiro atoms. The van der Waals surface area contributed by atoms with Gasteiger partial charge < -0.3 is 15.5 Å². The van der Waals surface area contributed by atoms with E-state index in [2.05, 4.69) is 4.98 Å². The average molecular weight is 490 g/mol. The van der Waals surface area contributed by atoms with Gasteiger partial charge >= 0.3 is 5.69 Å². The first kappa shape index (κ1) is 26.9. The molecule has 9 nitrogen and oxygen atoms in total. The van der Waals surface area contributed by atoms with Gasteiger partial charge in [0.1, 0.15) is 12.4 Å². The molecule has 0 aliphatic heterocycles. The van der Waals surface area contributed by atoms with Crippen LogP contribution < -0.4 is 21.9 Å². The number of aromatic nitrogens is 2. The van der Waals surface area contributed by atoms with Gasteiger partial charge in [-0.2, -0.15) is 0 Å². The van der Waals surface area contributed by atoms with Gasteiger partial charge in [0.15, 0.2) is 5.69 Å². The van der Waals surface area contributed by atoms with Crippen LogP contribution >= 0.6 is 11.6 Å². The van der Waals surface area contributed by atoms with Crippen LogP contribution in [0.25, 0.3) is 6.08 Å². The Morgan fingerprint density at radius 1 is 1.15 bits per heavy atom. The van der Waals surface area contributed by atoms with Crippen LogP contribution in [0.5, 0.6) is 0 Å². The van der Waals surface area contributed by atoms with E-state index in [-0.39, 0.29) is 43.0 Å². The second-order valence-electron chi connectivity index (χ2n) is 8.94. The Bertz CT molecular complexity index is 1180. The van der Waals surface area contributed by atoms with E-state index >= 15 is 0 Å². The third kappa shape index (κ3) is 6.84. The number of H-pyrrole nitrogens is 1. The first-order valence-electron chi connectivity index (χ1n) is 11.0. The molecule has 1 heterocycles.